The highest BCUT2D eigenvalue weighted by atomic mass is 35.5. The molecule has 3 rings (SSSR count). The summed E-state index contributed by atoms with van der Waals surface area (Å²) in [5, 5.41) is 3.74. The molecule has 0 atom stereocenters. The van der Waals surface area contributed by atoms with Crippen molar-refractivity contribution < 1.29 is 4.79 Å². The van der Waals surface area contributed by atoms with Gasteiger partial charge in [-0.25, -0.2) is 0 Å². The predicted molar refractivity (Wildman–Crippen MR) is 110 cm³/mol. The summed E-state index contributed by atoms with van der Waals surface area (Å²) in [4.78, 5) is 17.0. The molecule has 130 valence electrons. The van der Waals surface area contributed by atoms with E-state index < -0.39 is 0 Å². The van der Waals surface area contributed by atoms with E-state index in [1.54, 1.807) is 23.5 Å². The van der Waals surface area contributed by atoms with E-state index in [2.05, 4.69) is 10.3 Å². The highest BCUT2D eigenvalue weighted by Crippen LogP contribution is 2.26. The molecule has 0 saturated carbocycles. The summed E-state index contributed by atoms with van der Waals surface area (Å²) >= 11 is 9.39. The molecule has 25 heavy (non-hydrogen) atoms. The van der Waals surface area contributed by atoms with E-state index in [1.165, 1.54) is 0 Å². The van der Waals surface area contributed by atoms with Crippen LogP contribution in [0.4, 0.5) is 0 Å². The van der Waals surface area contributed by atoms with E-state index in [0.29, 0.717) is 6.54 Å². The molecule has 0 radical (unpaired) electrons. The molecule has 0 fully saturated rings. The smallest absolute Gasteiger partial charge is 0.251 e. The van der Waals surface area contributed by atoms with Gasteiger partial charge in [-0.2, -0.15) is 0 Å². The standard InChI is InChI=1S/C19H19ClN2OS2/c20-16-7-5-14(6-8-16)9-10-21-18(23)17-4-2-1-3-15(17)13-25-19-22-11-12-24-19/h1-8H,9-13H2,(H,21,23). The minimum Gasteiger partial charge on any atom is -0.352 e. The zero-order valence-electron chi connectivity index (χ0n) is 13.7. The van der Waals surface area contributed by atoms with Gasteiger partial charge in [0.1, 0.15) is 4.38 Å². The molecular weight excluding hydrogens is 372 g/mol. The molecule has 0 aliphatic carbocycles. The van der Waals surface area contributed by atoms with Gasteiger partial charge in [0.05, 0.1) is 6.54 Å². The summed E-state index contributed by atoms with van der Waals surface area (Å²) in [6.45, 7) is 1.50. The summed E-state index contributed by atoms with van der Waals surface area (Å²) < 4.78 is 1.12. The number of benzene rings is 2. The number of halogens is 1. The van der Waals surface area contributed by atoms with Crippen molar-refractivity contribution in [3.8, 4) is 0 Å². The topological polar surface area (TPSA) is 41.5 Å². The van der Waals surface area contributed by atoms with Crippen LogP contribution in [0.3, 0.4) is 0 Å². The molecule has 1 heterocycles. The Hall–Kier alpha value is -1.43. The van der Waals surface area contributed by atoms with Crippen LogP contribution in [0.25, 0.3) is 0 Å². The van der Waals surface area contributed by atoms with Crippen LogP contribution in [0.15, 0.2) is 53.5 Å². The molecule has 2 aromatic rings. The van der Waals surface area contributed by atoms with Gasteiger partial charge in [0, 0.05) is 28.6 Å². The lowest BCUT2D eigenvalue weighted by atomic mass is 10.1. The molecule has 3 nitrogen and oxygen atoms in total. The normalized spacial score (nSPS) is 13.6. The van der Waals surface area contributed by atoms with E-state index in [9.17, 15) is 4.79 Å². The molecule has 0 bridgehead atoms. The van der Waals surface area contributed by atoms with Gasteiger partial charge in [0.15, 0.2) is 0 Å². The monoisotopic (exact) mass is 390 g/mol. The van der Waals surface area contributed by atoms with Crippen LogP contribution in [0.2, 0.25) is 5.02 Å². The Balaban J connectivity index is 1.55. The number of hydrogen-bond acceptors (Lipinski definition) is 4. The molecule has 1 aliphatic rings. The fourth-order valence-electron chi connectivity index (χ4n) is 2.48. The first-order valence-corrected chi connectivity index (χ1v) is 10.5. The van der Waals surface area contributed by atoms with Crippen molar-refractivity contribution in [2.24, 2.45) is 4.99 Å². The molecular formula is C19H19ClN2OS2. The summed E-state index contributed by atoms with van der Waals surface area (Å²) in [7, 11) is 0. The van der Waals surface area contributed by atoms with Crippen molar-refractivity contribution in [3.05, 3.63) is 70.2 Å². The third-order valence-electron chi connectivity index (χ3n) is 3.78. The first-order chi connectivity index (χ1) is 12.2. The highest BCUT2D eigenvalue weighted by Gasteiger charge is 2.13. The second kappa shape index (κ2) is 9.32. The second-order valence-corrected chi connectivity index (χ2v) is 8.32. The van der Waals surface area contributed by atoms with Crippen LogP contribution in [0.5, 0.6) is 0 Å². The average molecular weight is 391 g/mol. The molecule has 0 saturated heterocycles. The van der Waals surface area contributed by atoms with Crippen molar-refractivity contribution in [2.75, 3.05) is 18.8 Å². The number of carbonyl (C=O) groups is 1. The molecule has 1 amide bonds. The quantitative estimate of drug-likeness (QED) is 0.780. The van der Waals surface area contributed by atoms with Gasteiger partial charge >= 0.3 is 0 Å². The summed E-state index contributed by atoms with van der Waals surface area (Å²) in [5.41, 5.74) is 2.95. The largest absolute Gasteiger partial charge is 0.352 e. The van der Waals surface area contributed by atoms with E-state index in [1.807, 2.05) is 48.5 Å². The number of nitrogens with zero attached hydrogens (tertiary/aromatic N) is 1. The lowest BCUT2D eigenvalue weighted by molar-refractivity contribution is 0.0953. The van der Waals surface area contributed by atoms with Crippen molar-refractivity contribution in [1.82, 2.24) is 5.32 Å². The lowest BCUT2D eigenvalue weighted by Gasteiger charge is -2.10. The van der Waals surface area contributed by atoms with Crippen LogP contribution in [-0.4, -0.2) is 29.1 Å². The summed E-state index contributed by atoms with van der Waals surface area (Å²) in [6.07, 6.45) is 0.785. The third-order valence-corrected chi connectivity index (χ3v) is 6.34. The first-order valence-electron chi connectivity index (χ1n) is 8.13. The fourth-order valence-corrected chi connectivity index (χ4v) is 4.62. The maximum absolute atomic E-state index is 12.5. The first kappa shape index (κ1) is 18.4. The molecule has 0 aromatic heterocycles. The van der Waals surface area contributed by atoms with Gasteiger partial charge in [-0.15, -0.1) is 0 Å². The Bertz CT molecular complexity index is 762. The highest BCUT2D eigenvalue weighted by molar-refractivity contribution is 8.38. The number of carbonyl (C=O) groups excluding carboxylic acids is 1. The zero-order chi connectivity index (χ0) is 17.5. The van der Waals surface area contributed by atoms with Crippen LogP contribution >= 0.6 is 35.1 Å². The van der Waals surface area contributed by atoms with Gasteiger partial charge < -0.3 is 5.32 Å². The van der Waals surface area contributed by atoms with Crippen molar-refractivity contribution in [3.63, 3.8) is 0 Å². The number of amides is 1. The number of aliphatic imine (C=N–C) groups is 1. The van der Waals surface area contributed by atoms with E-state index in [-0.39, 0.29) is 5.91 Å². The third kappa shape index (κ3) is 5.53. The minimum atomic E-state index is -0.0221. The average Bonchev–Trinajstić information content (AvgIpc) is 3.15. The molecule has 2 aromatic carbocycles. The van der Waals surface area contributed by atoms with Gasteiger partial charge in [0.25, 0.3) is 5.91 Å². The predicted octanol–water partition coefficient (Wildman–Crippen LogP) is 4.65. The number of nitrogens with one attached hydrogen (secondary N) is 1. The number of rotatable bonds is 6. The minimum absolute atomic E-state index is 0.0221. The Morgan fingerprint density at radius 1 is 1.20 bits per heavy atom. The second-order valence-electron chi connectivity index (χ2n) is 5.57. The summed E-state index contributed by atoms with van der Waals surface area (Å²) in [5.74, 6) is 1.81. The van der Waals surface area contributed by atoms with Gasteiger partial charge in [0.2, 0.25) is 0 Å². The Kier molecular flexibility index (Phi) is 6.84. The van der Waals surface area contributed by atoms with Crippen molar-refractivity contribution in [2.45, 2.75) is 12.2 Å². The number of thioether (sulfide) groups is 2. The fraction of sp³-hybridized carbons (Fsp3) is 0.263. The maximum atomic E-state index is 12.5. The molecule has 1 N–H and O–H groups in total. The summed E-state index contributed by atoms with van der Waals surface area (Å²) in [6, 6.07) is 15.5. The SMILES string of the molecule is O=C(NCCc1ccc(Cl)cc1)c1ccccc1CSC1=NCCS1. The van der Waals surface area contributed by atoms with Gasteiger partial charge in [-0.1, -0.05) is 65.5 Å². The van der Waals surface area contributed by atoms with E-state index in [4.69, 9.17) is 11.6 Å². The molecule has 0 unspecified atom stereocenters. The lowest BCUT2D eigenvalue weighted by Crippen LogP contribution is -2.26. The van der Waals surface area contributed by atoms with Crippen LogP contribution in [-0.2, 0) is 12.2 Å². The van der Waals surface area contributed by atoms with E-state index in [0.717, 1.165) is 50.6 Å². The van der Waals surface area contributed by atoms with E-state index >= 15 is 0 Å². The zero-order valence-corrected chi connectivity index (χ0v) is 16.1. The van der Waals surface area contributed by atoms with Crippen LogP contribution in [0, 0.1) is 0 Å². The molecule has 6 heteroatoms. The maximum Gasteiger partial charge on any atom is 0.251 e. The van der Waals surface area contributed by atoms with Gasteiger partial charge in [-0.3, -0.25) is 9.79 Å². The Morgan fingerprint density at radius 2 is 2.00 bits per heavy atom. The van der Waals surface area contributed by atoms with Crippen LogP contribution < -0.4 is 5.32 Å². The van der Waals surface area contributed by atoms with Crippen LogP contribution in [0.1, 0.15) is 21.5 Å². The van der Waals surface area contributed by atoms with Gasteiger partial charge in [-0.05, 0) is 35.7 Å². The van der Waals surface area contributed by atoms with Crippen molar-refractivity contribution in [1.29, 1.82) is 0 Å². The molecule has 1 aliphatic heterocycles. The number of hydrogen-bond donors (Lipinski definition) is 1. The molecule has 0 spiro atoms. The van der Waals surface area contributed by atoms with Crippen molar-refractivity contribution >= 4 is 45.4 Å². The Labute approximate surface area is 161 Å². The Morgan fingerprint density at radius 3 is 2.76 bits per heavy atom.